The minimum absolute atomic E-state index is 0.174. The maximum atomic E-state index is 10.6. The summed E-state index contributed by atoms with van der Waals surface area (Å²) in [6.45, 7) is 1.46. The van der Waals surface area contributed by atoms with Crippen LogP contribution in [-0.2, 0) is 4.74 Å². The van der Waals surface area contributed by atoms with Gasteiger partial charge in [-0.15, -0.1) is 21.5 Å². The van der Waals surface area contributed by atoms with Gasteiger partial charge in [0.1, 0.15) is 11.3 Å². The van der Waals surface area contributed by atoms with Gasteiger partial charge >= 0.3 is 0 Å². The molecule has 2 aliphatic heterocycles. The lowest BCUT2D eigenvalue weighted by Crippen LogP contribution is -2.50. The fourth-order valence-corrected chi connectivity index (χ4v) is 5.20. The van der Waals surface area contributed by atoms with Crippen molar-refractivity contribution in [1.29, 1.82) is 0 Å². The molecule has 6 rings (SSSR count). The van der Waals surface area contributed by atoms with Crippen LogP contribution in [0.15, 0.2) is 48.1 Å². The van der Waals surface area contributed by atoms with Crippen molar-refractivity contribution < 1.29 is 9.84 Å². The highest BCUT2D eigenvalue weighted by molar-refractivity contribution is 7.17. The number of aromatic amines is 1. The summed E-state index contributed by atoms with van der Waals surface area (Å²) in [5, 5.41) is 32.1. The van der Waals surface area contributed by atoms with Crippen LogP contribution in [0.1, 0.15) is 12.0 Å². The molecule has 2 bridgehead atoms. The number of nitrogens with zero attached hydrogens (tertiary/aromatic N) is 3. The smallest absolute Gasteiger partial charge is 0.125 e. The van der Waals surface area contributed by atoms with Gasteiger partial charge in [-0.25, -0.2) is 0 Å². The number of hydrogen-bond acceptors (Lipinski definition) is 7. The fraction of sp³-hybridized carbons (Fsp3) is 0.227. The number of aromatic hydroxyl groups is 1. The molecule has 0 aliphatic carbocycles. The molecule has 5 heterocycles. The summed E-state index contributed by atoms with van der Waals surface area (Å²) in [7, 11) is 0. The first-order chi connectivity index (χ1) is 14.7. The largest absolute Gasteiger partial charge is 0.507 e. The third-order valence-electron chi connectivity index (χ3n) is 5.70. The van der Waals surface area contributed by atoms with E-state index in [2.05, 4.69) is 37.2 Å². The van der Waals surface area contributed by atoms with Gasteiger partial charge in [-0.05, 0) is 35.8 Å². The van der Waals surface area contributed by atoms with Gasteiger partial charge in [-0.3, -0.25) is 5.10 Å². The number of hydrogen-bond donors (Lipinski definition) is 3. The summed E-state index contributed by atoms with van der Waals surface area (Å²) in [5.41, 5.74) is 6.54. The van der Waals surface area contributed by atoms with Gasteiger partial charge in [0.25, 0.3) is 0 Å². The Labute approximate surface area is 176 Å². The van der Waals surface area contributed by atoms with Crippen molar-refractivity contribution in [2.75, 3.05) is 13.2 Å². The molecule has 0 saturated carbocycles. The lowest BCUT2D eigenvalue weighted by molar-refractivity contribution is 0.0561. The molecule has 3 N–H and O–H groups in total. The van der Waals surface area contributed by atoms with Crippen LogP contribution in [0.3, 0.4) is 0 Å². The van der Waals surface area contributed by atoms with E-state index >= 15 is 0 Å². The first-order valence-corrected chi connectivity index (χ1v) is 10.7. The Morgan fingerprint density at radius 2 is 2.07 bits per heavy atom. The summed E-state index contributed by atoms with van der Waals surface area (Å²) < 4.78 is 6.70. The summed E-state index contributed by atoms with van der Waals surface area (Å²) in [6.07, 6.45) is 6.71. The van der Waals surface area contributed by atoms with Crippen molar-refractivity contribution in [3.63, 3.8) is 0 Å². The number of nitrogens with one attached hydrogen (secondary N) is 2. The molecule has 1 aromatic carbocycles. The number of H-pyrrole nitrogens is 1. The Morgan fingerprint density at radius 1 is 1.10 bits per heavy atom. The number of aromatic nitrogens is 4. The van der Waals surface area contributed by atoms with Crippen LogP contribution in [0.4, 0.5) is 0 Å². The first kappa shape index (κ1) is 17.8. The molecule has 150 valence electrons. The summed E-state index contributed by atoms with van der Waals surface area (Å²) in [4.78, 5) is 0. The number of phenolic OH excluding ortho intramolecular Hbond substituents is 1. The SMILES string of the molecule is Oc1cc(-c2cn[nH]c2)ccc1-c1cc2scc(C3=CC4COCC(C3)N4)c2nn1. The van der Waals surface area contributed by atoms with Crippen LogP contribution in [0.25, 0.3) is 38.2 Å². The first-order valence-electron chi connectivity index (χ1n) is 9.87. The second-order valence-corrected chi connectivity index (χ2v) is 8.63. The molecule has 7 nitrogen and oxygen atoms in total. The number of ether oxygens (including phenoxy) is 1. The van der Waals surface area contributed by atoms with Gasteiger partial charge in [0.05, 0.1) is 29.8 Å². The van der Waals surface area contributed by atoms with E-state index < -0.39 is 0 Å². The third-order valence-corrected chi connectivity index (χ3v) is 6.62. The molecular formula is C22H19N5O2S. The van der Waals surface area contributed by atoms with Gasteiger partial charge in [0.15, 0.2) is 0 Å². The zero-order valence-corrected chi connectivity index (χ0v) is 16.8. The van der Waals surface area contributed by atoms with Gasteiger partial charge in [0, 0.05) is 40.4 Å². The quantitative estimate of drug-likeness (QED) is 0.471. The van der Waals surface area contributed by atoms with Crippen LogP contribution >= 0.6 is 11.3 Å². The Kier molecular flexibility index (Phi) is 4.15. The number of phenols is 1. The second kappa shape index (κ2) is 7.02. The Bertz CT molecular complexity index is 1260. The molecular weight excluding hydrogens is 398 g/mol. The molecule has 2 unspecified atom stereocenters. The number of benzene rings is 1. The maximum Gasteiger partial charge on any atom is 0.125 e. The van der Waals surface area contributed by atoms with Gasteiger partial charge in [-0.1, -0.05) is 12.1 Å². The normalized spacial score (nSPS) is 21.0. The van der Waals surface area contributed by atoms with E-state index in [1.807, 2.05) is 18.2 Å². The monoisotopic (exact) mass is 417 g/mol. The van der Waals surface area contributed by atoms with Crippen LogP contribution in [-0.4, -0.2) is 50.8 Å². The molecule has 8 heteroatoms. The number of morpholine rings is 1. The summed E-state index contributed by atoms with van der Waals surface area (Å²) in [5.74, 6) is 0.174. The number of rotatable bonds is 3. The van der Waals surface area contributed by atoms with Crippen LogP contribution in [0.5, 0.6) is 5.75 Å². The molecule has 30 heavy (non-hydrogen) atoms. The maximum absolute atomic E-state index is 10.6. The molecule has 0 amide bonds. The molecule has 4 aromatic rings. The van der Waals surface area contributed by atoms with Crippen LogP contribution in [0, 0.1) is 0 Å². The van der Waals surface area contributed by atoms with E-state index in [9.17, 15) is 5.11 Å². The fourth-order valence-electron chi connectivity index (χ4n) is 4.25. The second-order valence-electron chi connectivity index (χ2n) is 7.71. The highest BCUT2D eigenvalue weighted by Crippen LogP contribution is 2.37. The minimum Gasteiger partial charge on any atom is -0.507 e. The highest BCUT2D eigenvalue weighted by atomic mass is 32.1. The van der Waals surface area contributed by atoms with E-state index in [-0.39, 0.29) is 11.8 Å². The lowest BCUT2D eigenvalue weighted by Gasteiger charge is -2.34. The van der Waals surface area contributed by atoms with E-state index in [1.165, 1.54) is 5.57 Å². The van der Waals surface area contributed by atoms with E-state index in [1.54, 1.807) is 29.8 Å². The zero-order valence-electron chi connectivity index (χ0n) is 16.0. The summed E-state index contributed by atoms with van der Waals surface area (Å²) in [6, 6.07) is 8.18. The van der Waals surface area contributed by atoms with Crippen molar-refractivity contribution in [2.24, 2.45) is 0 Å². The average molecular weight is 417 g/mol. The number of fused-ring (bicyclic) bond motifs is 3. The van der Waals surface area contributed by atoms with Crippen molar-refractivity contribution in [1.82, 2.24) is 25.7 Å². The van der Waals surface area contributed by atoms with Crippen molar-refractivity contribution in [2.45, 2.75) is 18.5 Å². The van der Waals surface area contributed by atoms with Gasteiger partial charge in [0.2, 0.25) is 0 Å². The Morgan fingerprint density at radius 3 is 2.90 bits per heavy atom. The lowest BCUT2D eigenvalue weighted by atomic mass is 9.92. The van der Waals surface area contributed by atoms with E-state index in [0.29, 0.717) is 23.9 Å². The average Bonchev–Trinajstić information content (AvgIpc) is 3.43. The highest BCUT2D eigenvalue weighted by Gasteiger charge is 2.28. The zero-order chi connectivity index (χ0) is 20.1. The molecule has 2 atom stereocenters. The predicted octanol–water partition coefficient (Wildman–Crippen LogP) is 3.60. The van der Waals surface area contributed by atoms with Crippen LogP contribution in [0.2, 0.25) is 0 Å². The summed E-state index contributed by atoms with van der Waals surface area (Å²) >= 11 is 1.66. The molecule has 0 spiro atoms. The Hall–Kier alpha value is -3.07. The minimum atomic E-state index is 0.174. The van der Waals surface area contributed by atoms with Crippen molar-refractivity contribution in [3.05, 3.63) is 53.7 Å². The van der Waals surface area contributed by atoms with E-state index in [4.69, 9.17) is 4.74 Å². The molecule has 1 saturated heterocycles. The molecule has 0 radical (unpaired) electrons. The number of thiophene rings is 1. The van der Waals surface area contributed by atoms with Gasteiger partial charge in [-0.2, -0.15) is 5.10 Å². The Balaban J connectivity index is 1.36. The van der Waals surface area contributed by atoms with Crippen molar-refractivity contribution in [3.8, 4) is 28.1 Å². The van der Waals surface area contributed by atoms with Crippen molar-refractivity contribution >= 4 is 27.1 Å². The standard InChI is InChI=1S/C22H19N5O2S/c28-20-5-12(14-7-23-24-8-14)1-2-17(20)19-6-21-22(27-26-19)18(11-30-21)13-3-15-9-29-10-16(4-13)25-15/h1-3,5-8,11,15-16,25,28H,4,9-10H2,(H,23,24). The third kappa shape index (κ3) is 3.00. The topological polar surface area (TPSA) is 96.0 Å². The van der Waals surface area contributed by atoms with Crippen LogP contribution < -0.4 is 5.32 Å². The molecule has 2 aliphatic rings. The van der Waals surface area contributed by atoms with Gasteiger partial charge < -0.3 is 15.2 Å². The molecule has 1 fully saturated rings. The van der Waals surface area contributed by atoms with E-state index in [0.717, 1.165) is 39.9 Å². The molecule has 3 aromatic heterocycles. The predicted molar refractivity (Wildman–Crippen MR) is 116 cm³/mol.